The van der Waals surface area contributed by atoms with Crippen LogP contribution in [0.4, 0.5) is 13.2 Å². The van der Waals surface area contributed by atoms with Crippen molar-refractivity contribution in [2.75, 3.05) is 26.2 Å². The Bertz CT molecular complexity index is 515. The lowest BCUT2D eigenvalue weighted by atomic mass is 9.78. The summed E-state index contributed by atoms with van der Waals surface area (Å²) < 4.78 is 41.1. The molecule has 1 aliphatic heterocycles. The van der Waals surface area contributed by atoms with Crippen LogP contribution < -0.4 is 5.32 Å². The molecule has 122 valence electrons. The molecular formula is C15H19F3N2O2. The first-order chi connectivity index (χ1) is 10.3. The number of hydrogen-bond acceptors (Lipinski definition) is 3. The van der Waals surface area contributed by atoms with Gasteiger partial charge in [-0.05, 0) is 12.5 Å². The third-order valence-corrected chi connectivity index (χ3v) is 4.23. The molecule has 1 aliphatic rings. The minimum Gasteiger partial charge on any atom is -0.480 e. The first-order valence-corrected chi connectivity index (χ1v) is 7.08. The van der Waals surface area contributed by atoms with Gasteiger partial charge >= 0.3 is 12.1 Å². The third-order valence-electron chi connectivity index (χ3n) is 4.23. The van der Waals surface area contributed by atoms with E-state index >= 15 is 0 Å². The van der Waals surface area contributed by atoms with Gasteiger partial charge in [-0.3, -0.25) is 9.69 Å². The number of alkyl halides is 3. The smallest absolute Gasteiger partial charge is 0.398 e. The average molecular weight is 316 g/mol. The molecule has 2 rings (SSSR count). The predicted molar refractivity (Wildman–Crippen MR) is 75.7 cm³/mol. The number of nitrogens with one attached hydrogen (secondary N) is 1. The van der Waals surface area contributed by atoms with Crippen LogP contribution >= 0.6 is 0 Å². The molecule has 1 aromatic rings. The topological polar surface area (TPSA) is 52.6 Å². The van der Waals surface area contributed by atoms with Gasteiger partial charge in [0.05, 0.1) is 0 Å². The van der Waals surface area contributed by atoms with Gasteiger partial charge in [-0.2, -0.15) is 13.2 Å². The summed E-state index contributed by atoms with van der Waals surface area (Å²) in [5, 5.41) is 12.6. The van der Waals surface area contributed by atoms with Gasteiger partial charge in [0.2, 0.25) is 0 Å². The number of halogens is 3. The number of carbonyl (C=O) groups is 1. The quantitative estimate of drug-likeness (QED) is 0.893. The first kappa shape index (κ1) is 16.8. The second-order valence-corrected chi connectivity index (χ2v) is 5.58. The van der Waals surface area contributed by atoms with Gasteiger partial charge < -0.3 is 10.4 Å². The summed E-state index contributed by atoms with van der Waals surface area (Å²) in [4.78, 5) is 13.2. The number of carboxylic acids is 1. The van der Waals surface area contributed by atoms with Crippen molar-refractivity contribution >= 4 is 5.97 Å². The molecule has 1 saturated heterocycles. The van der Waals surface area contributed by atoms with Crippen molar-refractivity contribution in [1.82, 2.24) is 10.2 Å². The van der Waals surface area contributed by atoms with E-state index in [-0.39, 0.29) is 18.7 Å². The van der Waals surface area contributed by atoms with Crippen LogP contribution in [0.2, 0.25) is 0 Å². The van der Waals surface area contributed by atoms with Crippen LogP contribution in [0.25, 0.3) is 0 Å². The zero-order valence-corrected chi connectivity index (χ0v) is 12.2. The average Bonchev–Trinajstić information content (AvgIpc) is 2.47. The van der Waals surface area contributed by atoms with Crippen molar-refractivity contribution in [2.24, 2.45) is 0 Å². The fraction of sp³-hybridized carbons (Fsp3) is 0.533. The molecule has 1 heterocycles. The van der Waals surface area contributed by atoms with E-state index in [1.165, 1.54) is 36.1 Å². The van der Waals surface area contributed by atoms with E-state index in [0.717, 1.165) is 0 Å². The Balaban J connectivity index is 2.52. The number of benzene rings is 1. The Morgan fingerprint density at radius 3 is 2.23 bits per heavy atom. The summed E-state index contributed by atoms with van der Waals surface area (Å²) in [6.07, 6.45) is -4.65. The van der Waals surface area contributed by atoms with Crippen molar-refractivity contribution in [2.45, 2.75) is 24.6 Å². The van der Waals surface area contributed by atoms with E-state index < -0.39 is 23.6 Å². The van der Waals surface area contributed by atoms with Crippen LogP contribution in [0.3, 0.4) is 0 Å². The van der Waals surface area contributed by atoms with Crippen LogP contribution in [0.1, 0.15) is 18.4 Å². The lowest BCUT2D eigenvalue weighted by Gasteiger charge is -2.45. The molecule has 2 N–H and O–H groups in total. The van der Waals surface area contributed by atoms with E-state index in [1.807, 2.05) is 0 Å². The number of aliphatic carboxylic acids is 1. The monoisotopic (exact) mass is 316 g/mol. The fourth-order valence-electron chi connectivity index (χ4n) is 3.05. The summed E-state index contributed by atoms with van der Waals surface area (Å²) in [6.45, 7) is 2.65. The van der Waals surface area contributed by atoms with Crippen LogP contribution in [0.15, 0.2) is 30.3 Å². The lowest BCUT2D eigenvalue weighted by molar-refractivity contribution is -0.195. The molecule has 0 spiro atoms. The zero-order valence-electron chi connectivity index (χ0n) is 12.2. The van der Waals surface area contributed by atoms with E-state index in [2.05, 4.69) is 5.32 Å². The molecule has 0 saturated carbocycles. The second kappa shape index (κ2) is 6.26. The van der Waals surface area contributed by atoms with Crippen molar-refractivity contribution in [1.29, 1.82) is 0 Å². The van der Waals surface area contributed by atoms with Gasteiger partial charge in [-0.15, -0.1) is 0 Å². The number of piperazine rings is 1. The summed E-state index contributed by atoms with van der Waals surface area (Å²) in [6, 6.07) is 7.27. The molecule has 0 radical (unpaired) electrons. The summed E-state index contributed by atoms with van der Waals surface area (Å²) in [5.41, 5.74) is -2.07. The van der Waals surface area contributed by atoms with Crippen LogP contribution in [0.5, 0.6) is 0 Å². The van der Waals surface area contributed by atoms with Gasteiger partial charge in [0.25, 0.3) is 0 Å². The Kier molecular flexibility index (Phi) is 4.77. The van der Waals surface area contributed by atoms with Gasteiger partial charge in [0, 0.05) is 26.2 Å². The largest absolute Gasteiger partial charge is 0.480 e. The maximum atomic E-state index is 13.7. The second-order valence-electron chi connectivity index (χ2n) is 5.58. The Hall–Kier alpha value is -1.60. The minimum absolute atomic E-state index is 0.0292. The van der Waals surface area contributed by atoms with Gasteiger partial charge in [-0.25, -0.2) is 0 Å². The molecule has 0 amide bonds. The number of hydrogen-bond donors (Lipinski definition) is 2. The Morgan fingerprint density at radius 1 is 1.23 bits per heavy atom. The molecule has 22 heavy (non-hydrogen) atoms. The van der Waals surface area contributed by atoms with Gasteiger partial charge in [0.1, 0.15) is 11.5 Å². The van der Waals surface area contributed by atoms with Crippen molar-refractivity contribution < 1.29 is 23.1 Å². The first-order valence-electron chi connectivity index (χ1n) is 7.08. The molecule has 0 aliphatic carbocycles. The Morgan fingerprint density at radius 2 is 1.77 bits per heavy atom. The molecule has 0 aromatic heterocycles. The predicted octanol–water partition coefficient (Wildman–Crippen LogP) is 2.08. The highest BCUT2D eigenvalue weighted by atomic mass is 19.4. The summed E-state index contributed by atoms with van der Waals surface area (Å²) in [5.74, 6) is -3.54. The fourth-order valence-corrected chi connectivity index (χ4v) is 3.05. The minimum atomic E-state index is -4.65. The van der Waals surface area contributed by atoms with E-state index in [1.54, 1.807) is 6.07 Å². The molecule has 0 bridgehead atoms. The SMILES string of the molecule is CC(C(=O)O)(C(c1ccccc1)C(F)(F)F)N1CCNCC1. The summed E-state index contributed by atoms with van der Waals surface area (Å²) >= 11 is 0. The highest BCUT2D eigenvalue weighted by Gasteiger charge is 2.58. The molecule has 1 aromatic carbocycles. The highest BCUT2D eigenvalue weighted by molar-refractivity contribution is 5.80. The van der Waals surface area contributed by atoms with Crippen LogP contribution in [-0.2, 0) is 4.79 Å². The number of carboxylic acid groups (broad SMARTS) is 1. The molecule has 2 atom stereocenters. The van der Waals surface area contributed by atoms with Crippen LogP contribution in [-0.4, -0.2) is 53.9 Å². The Labute approximate surface area is 126 Å². The third kappa shape index (κ3) is 3.10. The highest BCUT2D eigenvalue weighted by Crippen LogP contribution is 2.45. The normalized spacial score (nSPS) is 21.1. The van der Waals surface area contributed by atoms with Gasteiger partial charge in [0.15, 0.2) is 0 Å². The molecule has 2 unspecified atom stereocenters. The lowest BCUT2D eigenvalue weighted by Crippen LogP contribution is -2.63. The molecule has 4 nitrogen and oxygen atoms in total. The van der Waals surface area contributed by atoms with E-state index in [4.69, 9.17) is 0 Å². The number of rotatable bonds is 4. The van der Waals surface area contributed by atoms with Crippen molar-refractivity contribution in [3.8, 4) is 0 Å². The van der Waals surface area contributed by atoms with Crippen molar-refractivity contribution in [3.05, 3.63) is 35.9 Å². The van der Waals surface area contributed by atoms with E-state index in [0.29, 0.717) is 13.1 Å². The van der Waals surface area contributed by atoms with Crippen LogP contribution in [0, 0.1) is 0 Å². The molecule has 1 fully saturated rings. The summed E-state index contributed by atoms with van der Waals surface area (Å²) in [7, 11) is 0. The van der Waals surface area contributed by atoms with E-state index in [9.17, 15) is 23.1 Å². The zero-order chi connectivity index (χ0) is 16.4. The van der Waals surface area contributed by atoms with Crippen molar-refractivity contribution in [3.63, 3.8) is 0 Å². The standard InChI is InChI=1S/C15H19F3N2O2/c1-14(13(21)22,20-9-7-19-8-10-20)12(15(16,17)18)11-5-3-2-4-6-11/h2-6,12,19H,7-10H2,1H3,(H,21,22). The molecule has 7 heteroatoms. The van der Waals surface area contributed by atoms with Gasteiger partial charge in [-0.1, -0.05) is 30.3 Å². The maximum Gasteiger partial charge on any atom is 0.398 e. The maximum absolute atomic E-state index is 13.7. The molecular weight excluding hydrogens is 297 g/mol. The number of nitrogens with zero attached hydrogens (tertiary/aromatic N) is 1.